The molecule has 1 saturated heterocycles. The molecule has 0 aromatic carbocycles. The van der Waals surface area contributed by atoms with Gasteiger partial charge in [-0.3, -0.25) is 10.1 Å². The number of carbonyl (C=O) groups is 2. The van der Waals surface area contributed by atoms with E-state index in [-0.39, 0.29) is 18.0 Å². The van der Waals surface area contributed by atoms with Gasteiger partial charge in [-0.1, -0.05) is 11.3 Å². The fraction of sp³-hybridized carbons (Fsp3) is 0.391. The molecule has 2 amide bonds. The molecule has 36 heavy (non-hydrogen) atoms. The van der Waals surface area contributed by atoms with Crippen LogP contribution in [0.3, 0.4) is 0 Å². The monoisotopic (exact) mass is 527 g/mol. The van der Waals surface area contributed by atoms with E-state index < -0.39 is 11.7 Å². The number of rotatable bonds is 5. The van der Waals surface area contributed by atoms with Crippen molar-refractivity contribution in [1.82, 2.24) is 25.3 Å². The van der Waals surface area contributed by atoms with Crippen molar-refractivity contribution in [2.75, 3.05) is 23.8 Å². The van der Waals surface area contributed by atoms with E-state index in [4.69, 9.17) is 9.47 Å². The summed E-state index contributed by atoms with van der Waals surface area (Å²) in [5.41, 5.74) is 0.961. The van der Waals surface area contributed by atoms with Crippen molar-refractivity contribution in [2.45, 2.75) is 44.9 Å². The molecule has 0 aliphatic carbocycles. The van der Waals surface area contributed by atoms with Crippen molar-refractivity contribution in [2.24, 2.45) is 0 Å². The molecule has 5 heterocycles. The highest BCUT2D eigenvalue weighted by Crippen LogP contribution is 2.28. The van der Waals surface area contributed by atoms with Gasteiger partial charge in [0.05, 0.1) is 45.4 Å². The Hall–Kier alpha value is -3.42. The molecule has 188 valence electrons. The van der Waals surface area contributed by atoms with Gasteiger partial charge in [0.15, 0.2) is 10.8 Å². The summed E-state index contributed by atoms with van der Waals surface area (Å²) in [4.78, 5) is 42.9. The summed E-state index contributed by atoms with van der Waals surface area (Å²) >= 11 is 2.75. The predicted molar refractivity (Wildman–Crippen MR) is 139 cm³/mol. The fourth-order valence-corrected chi connectivity index (χ4v) is 5.39. The normalized spacial score (nSPS) is 18.2. The molecule has 1 aliphatic rings. The summed E-state index contributed by atoms with van der Waals surface area (Å²) in [6.45, 7) is 6.30. The zero-order valence-corrected chi connectivity index (χ0v) is 21.5. The minimum Gasteiger partial charge on any atom is -0.444 e. The molecule has 1 aliphatic heterocycles. The van der Waals surface area contributed by atoms with Gasteiger partial charge >= 0.3 is 6.09 Å². The first-order valence-corrected chi connectivity index (χ1v) is 13.1. The molecule has 11 nitrogen and oxygen atoms in total. The molecule has 4 aromatic rings. The fourth-order valence-electron chi connectivity index (χ4n) is 3.72. The number of fused-ring (bicyclic) bond motifs is 2. The van der Waals surface area contributed by atoms with Crippen LogP contribution in [0.4, 0.5) is 15.9 Å². The number of nitrogens with one attached hydrogen (secondary N) is 3. The Morgan fingerprint density at radius 2 is 2.03 bits per heavy atom. The Kier molecular flexibility index (Phi) is 6.69. The lowest BCUT2D eigenvalue weighted by molar-refractivity contribution is 0.0317. The van der Waals surface area contributed by atoms with Crippen molar-refractivity contribution in [1.29, 1.82) is 0 Å². The number of pyridine rings is 1. The Balaban J connectivity index is 1.31. The number of thiazole rings is 1. The minimum atomic E-state index is -0.603. The van der Waals surface area contributed by atoms with Crippen LogP contribution in [-0.4, -0.2) is 62.8 Å². The molecule has 1 fully saturated rings. The molecule has 4 aromatic heterocycles. The average molecular weight is 528 g/mol. The van der Waals surface area contributed by atoms with E-state index in [1.54, 1.807) is 17.8 Å². The van der Waals surface area contributed by atoms with Crippen molar-refractivity contribution < 1.29 is 19.1 Å². The number of alkyl carbamates (subject to hydrolysis) is 1. The van der Waals surface area contributed by atoms with Gasteiger partial charge in [-0.2, -0.15) is 4.98 Å². The topological polar surface area (TPSA) is 140 Å². The van der Waals surface area contributed by atoms with Crippen LogP contribution in [0.1, 0.15) is 37.6 Å². The van der Waals surface area contributed by atoms with Crippen LogP contribution in [-0.2, 0) is 9.47 Å². The quantitative estimate of drug-likeness (QED) is 0.351. The first-order chi connectivity index (χ1) is 17.2. The molecule has 0 spiro atoms. The van der Waals surface area contributed by atoms with Crippen LogP contribution in [0, 0.1) is 0 Å². The molecule has 0 bridgehead atoms. The van der Waals surface area contributed by atoms with Gasteiger partial charge in [0.2, 0.25) is 5.95 Å². The van der Waals surface area contributed by atoms with Crippen molar-refractivity contribution in [3.05, 3.63) is 35.5 Å². The summed E-state index contributed by atoms with van der Waals surface area (Å²) in [6, 6.07) is 3.23. The predicted octanol–water partition coefficient (Wildman–Crippen LogP) is 4.04. The van der Waals surface area contributed by atoms with Gasteiger partial charge in [-0.25, -0.2) is 19.7 Å². The lowest BCUT2D eigenvalue weighted by atomic mass is 10.0. The number of ether oxygens (including phenoxy) is 2. The third-order valence-corrected chi connectivity index (χ3v) is 7.15. The molecule has 2 atom stereocenters. The van der Waals surface area contributed by atoms with Crippen LogP contribution in [0.25, 0.3) is 20.6 Å². The molecular weight excluding hydrogens is 502 g/mol. The highest BCUT2D eigenvalue weighted by atomic mass is 32.1. The van der Waals surface area contributed by atoms with E-state index in [2.05, 4.69) is 35.9 Å². The van der Waals surface area contributed by atoms with E-state index in [1.807, 2.05) is 32.9 Å². The third kappa shape index (κ3) is 5.53. The zero-order valence-electron chi connectivity index (χ0n) is 19.9. The number of amides is 2. The third-order valence-electron chi connectivity index (χ3n) is 5.32. The summed E-state index contributed by atoms with van der Waals surface area (Å²) in [5.74, 6) is 0.0579. The SMILES string of the molecule is CC(C)(C)OC(=O)N[C@H]1COCC[C@H]1Nc1ncc2scc(C(=O)Nc3nc4ncccc4s3)c2n1. The number of thiophene rings is 1. The number of anilines is 2. The van der Waals surface area contributed by atoms with Gasteiger partial charge < -0.3 is 20.1 Å². The van der Waals surface area contributed by atoms with Gasteiger partial charge in [0, 0.05) is 18.2 Å². The van der Waals surface area contributed by atoms with Crippen molar-refractivity contribution >= 4 is 66.3 Å². The second-order valence-electron chi connectivity index (χ2n) is 9.22. The van der Waals surface area contributed by atoms with Gasteiger partial charge in [-0.15, -0.1) is 11.3 Å². The second-order valence-corrected chi connectivity index (χ2v) is 11.2. The maximum absolute atomic E-state index is 13.0. The molecule has 0 radical (unpaired) electrons. The Morgan fingerprint density at radius 3 is 2.83 bits per heavy atom. The molecule has 5 rings (SSSR count). The highest BCUT2D eigenvalue weighted by Gasteiger charge is 2.30. The molecule has 3 N–H and O–H groups in total. The first kappa shape index (κ1) is 24.3. The number of aromatic nitrogens is 4. The van der Waals surface area contributed by atoms with Crippen LogP contribution >= 0.6 is 22.7 Å². The Bertz CT molecular complexity index is 1380. The van der Waals surface area contributed by atoms with Crippen LogP contribution in [0.5, 0.6) is 0 Å². The van der Waals surface area contributed by atoms with Crippen molar-refractivity contribution in [3.63, 3.8) is 0 Å². The van der Waals surface area contributed by atoms with Gasteiger partial charge in [0.1, 0.15) is 5.60 Å². The summed E-state index contributed by atoms with van der Waals surface area (Å²) in [7, 11) is 0. The largest absolute Gasteiger partial charge is 0.444 e. The smallest absolute Gasteiger partial charge is 0.408 e. The zero-order chi connectivity index (χ0) is 25.3. The van der Waals surface area contributed by atoms with Crippen LogP contribution in [0.15, 0.2) is 29.9 Å². The lowest BCUT2D eigenvalue weighted by Crippen LogP contribution is -2.53. The Labute approximate surface area is 214 Å². The van der Waals surface area contributed by atoms with Gasteiger partial charge in [0.25, 0.3) is 5.91 Å². The van der Waals surface area contributed by atoms with E-state index in [0.717, 1.165) is 9.40 Å². The average Bonchev–Trinajstić information content (AvgIpc) is 3.42. The number of carbonyl (C=O) groups excluding carboxylic acids is 2. The maximum atomic E-state index is 13.0. The Morgan fingerprint density at radius 1 is 1.17 bits per heavy atom. The molecule has 13 heteroatoms. The highest BCUT2D eigenvalue weighted by molar-refractivity contribution is 7.22. The first-order valence-electron chi connectivity index (χ1n) is 11.4. The van der Waals surface area contributed by atoms with Crippen LogP contribution < -0.4 is 16.0 Å². The van der Waals surface area contributed by atoms with Crippen LogP contribution in [0.2, 0.25) is 0 Å². The van der Waals surface area contributed by atoms with Gasteiger partial charge in [-0.05, 0) is 39.3 Å². The number of nitrogens with zero attached hydrogens (tertiary/aromatic N) is 4. The number of hydrogen-bond acceptors (Lipinski definition) is 11. The second kappa shape index (κ2) is 9.91. The maximum Gasteiger partial charge on any atom is 0.408 e. The standard InChI is InChI=1S/C23H25N7O4S2/c1-23(2,3)34-22(32)27-14-10-33-8-6-13(14)26-20-25-9-16-17(28-20)12(11-35-16)19(31)30-21-29-18-15(36-21)5-4-7-24-18/h4-5,7,9,11,13-14H,6,8,10H2,1-3H3,(H,27,32)(H,25,26,28)(H,24,29,30,31)/t13-,14+/m1/s1. The molecule has 0 saturated carbocycles. The summed E-state index contributed by atoms with van der Waals surface area (Å²) in [5, 5.41) is 11.2. The van der Waals surface area contributed by atoms with E-state index in [1.165, 1.54) is 22.7 Å². The van der Waals surface area contributed by atoms with Crippen molar-refractivity contribution in [3.8, 4) is 0 Å². The number of hydrogen-bond donors (Lipinski definition) is 3. The lowest BCUT2D eigenvalue weighted by Gasteiger charge is -2.33. The summed E-state index contributed by atoms with van der Waals surface area (Å²) < 4.78 is 12.6. The van der Waals surface area contributed by atoms with E-state index in [0.29, 0.717) is 47.4 Å². The van der Waals surface area contributed by atoms with E-state index in [9.17, 15) is 9.59 Å². The molecular formula is C23H25N7O4S2. The molecule has 0 unspecified atom stereocenters. The minimum absolute atomic E-state index is 0.171. The summed E-state index contributed by atoms with van der Waals surface area (Å²) in [6.07, 6.45) is 3.48. The van der Waals surface area contributed by atoms with E-state index >= 15 is 0 Å².